The third-order valence-electron chi connectivity index (χ3n) is 2.27. The lowest BCUT2D eigenvalue weighted by atomic mass is 10.2. The van der Waals surface area contributed by atoms with Crippen molar-refractivity contribution in [2.45, 2.75) is 38.8 Å². The lowest BCUT2D eigenvalue weighted by molar-refractivity contribution is -0.122. The van der Waals surface area contributed by atoms with Crippen LogP contribution < -0.4 is 10.6 Å². The van der Waals surface area contributed by atoms with Crippen LogP contribution in [0.4, 0.5) is 0 Å². The van der Waals surface area contributed by atoms with Gasteiger partial charge < -0.3 is 15.4 Å². The van der Waals surface area contributed by atoms with E-state index in [-0.39, 0.29) is 18.0 Å². The zero-order valence-electron chi connectivity index (χ0n) is 10.6. The van der Waals surface area contributed by atoms with Gasteiger partial charge in [0.25, 0.3) is 0 Å². The molecule has 0 aromatic rings. The molecule has 0 aromatic heterocycles. The fourth-order valence-corrected chi connectivity index (χ4v) is 1.40. The van der Waals surface area contributed by atoms with E-state index < -0.39 is 0 Å². The van der Waals surface area contributed by atoms with Crippen molar-refractivity contribution in [1.82, 2.24) is 10.6 Å². The lowest BCUT2D eigenvalue weighted by Gasteiger charge is -2.18. The van der Waals surface area contributed by atoms with Crippen LogP contribution in [0, 0.1) is 0 Å². The molecule has 0 fully saturated rings. The molecule has 0 spiro atoms. The largest absolute Gasteiger partial charge is 0.385 e. The van der Waals surface area contributed by atoms with Gasteiger partial charge in [-0.1, -0.05) is 6.08 Å². The first-order valence-electron chi connectivity index (χ1n) is 5.75. The van der Waals surface area contributed by atoms with Gasteiger partial charge in [0.05, 0.1) is 6.04 Å². The minimum atomic E-state index is -0.169. The molecule has 0 aliphatic carbocycles. The van der Waals surface area contributed by atoms with Crippen LogP contribution in [0.25, 0.3) is 0 Å². The number of hydrogen-bond donors (Lipinski definition) is 2. The molecule has 16 heavy (non-hydrogen) atoms. The van der Waals surface area contributed by atoms with E-state index >= 15 is 0 Å². The minimum absolute atomic E-state index is 0.0343. The van der Waals surface area contributed by atoms with Gasteiger partial charge >= 0.3 is 0 Å². The number of amides is 1. The zero-order chi connectivity index (χ0) is 12.4. The van der Waals surface area contributed by atoms with Crippen molar-refractivity contribution in [2.75, 3.05) is 20.3 Å². The molecule has 0 aromatic carbocycles. The van der Waals surface area contributed by atoms with Crippen molar-refractivity contribution in [3.8, 4) is 0 Å². The monoisotopic (exact) mass is 228 g/mol. The van der Waals surface area contributed by atoms with Crippen LogP contribution in [0.5, 0.6) is 0 Å². The molecule has 4 nitrogen and oxygen atoms in total. The minimum Gasteiger partial charge on any atom is -0.385 e. The first-order valence-corrected chi connectivity index (χ1v) is 5.75. The molecule has 0 saturated carbocycles. The summed E-state index contributed by atoms with van der Waals surface area (Å²) in [5.74, 6) is 0.0343. The highest BCUT2D eigenvalue weighted by Crippen LogP contribution is 1.94. The smallest absolute Gasteiger partial charge is 0.236 e. The van der Waals surface area contributed by atoms with Crippen LogP contribution >= 0.6 is 0 Å². The van der Waals surface area contributed by atoms with Gasteiger partial charge in [-0.05, 0) is 26.7 Å². The Morgan fingerprint density at radius 2 is 2.19 bits per heavy atom. The summed E-state index contributed by atoms with van der Waals surface area (Å²) in [6.45, 7) is 8.91. The number of carbonyl (C=O) groups excluding carboxylic acids is 1. The number of nitrogens with one attached hydrogen (secondary N) is 2. The highest BCUT2D eigenvalue weighted by Gasteiger charge is 2.13. The molecule has 2 unspecified atom stereocenters. The van der Waals surface area contributed by atoms with Gasteiger partial charge in [0.2, 0.25) is 5.91 Å². The van der Waals surface area contributed by atoms with Gasteiger partial charge in [-0.25, -0.2) is 0 Å². The first-order chi connectivity index (χ1) is 7.61. The maximum Gasteiger partial charge on any atom is 0.236 e. The molecule has 94 valence electrons. The predicted octanol–water partition coefficient (Wildman–Crippen LogP) is 1.08. The Hall–Kier alpha value is -0.870. The van der Waals surface area contributed by atoms with Crippen molar-refractivity contribution < 1.29 is 9.53 Å². The van der Waals surface area contributed by atoms with E-state index in [2.05, 4.69) is 17.2 Å². The van der Waals surface area contributed by atoms with Crippen molar-refractivity contribution in [3.05, 3.63) is 12.7 Å². The van der Waals surface area contributed by atoms with Crippen LogP contribution in [0.15, 0.2) is 12.7 Å². The van der Waals surface area contributed by atoms with Crippen molar-refractivity contribution in [2.24, 2.45) is 0 Å². The summed E-state index contributed by atoms with van der Waals surface area (Å²) in [5.41, 5.74) is 0. The molecular formula is C12H24N2O2. The molecule has 2 atom stereocenters. The van der Waals surface area contributed by atoms with Crippen LogP contribution in [-0.4, -0.2) is 38.3 Å². The van der Waals surface area contributed by atoms with Crippen LogP contribution in [0.3, 0.4) is 0 Å². The summed E-state index contributed by atoms with van der Waals surface area (Å²) in [7, 11) is 1.66. The molecule has 1 amide bonds. The molecule has 2 N–H and O–H groups in total. The lowest BCUT2D eigenvalue weighted by Crippen LogP contribution is -2.45. The normalized spacial score (nSPS) is 14.2. The maximum atomic E-state index is 11.6. The predicted molar refractivity (Wildman–Crippen MR) is 66.4 cm³/mol. The standard InChI is InChI=1S/C12H24N2O2/c1-5-7-10(2)14-11(3)12(15)13-8-6-9-16-4/h5,10-11,14H,1,6-9H2,2-4H3,(H,13,15). The highest BCUT2D eigenvalue weighted by atomic mass is 16.5. The average molecular weight is 228 g/mol. The summed E-state index contributed by atoms with van der Waals surface area (Å²) in [4.78, 5) is 11.6. The molecule has 0 aliphatic heterocycles. The molecule has 0 aliphatic rings. The van der Waals surface area contributed by atoms with Gasteiger partial charge in [0.1, 0.15) is 0 Å². The molecular weight excluding hydrogens is 204 g/mol. The highest BCUT2D eigenvalue weighted by molar-refractivity contribution is 5.81. The van der Waals surface area contributed by atoms with E-state index in [0.717, 1.165) is 12.8 Å². The first kappa shape index (κ1) is 15.1. The second-order valence-electron chi connectivity index (χ2n) is 3.95. The van der Waals surface area contributed by atoms with E-state index in [0.29, 0.717) is 13.2 Å². The molecule has 4 heteroatoms. The Bertz CT molecular complexity index is 207. The Balaban J connectivity index is 3.68. The van der Waals surface area contributed by atoms with Crippen LogP contribution in [0.2, 0.25) is 0 Å². The van der Waals surface area contributed by atoms with E-state index in [4.69, 9.17) is 4.74 Å². The van der Waals surface area contributed by atoms with Gasteiger partial charge in [-0.3, -0.25) is 4.79 Å². The molecule has 0 bridgehead atoms. The van der Waals surface area contributed by atoms with Crippen LogP contribution in [0.1, 0.15) is 26.7 Å². The molecule has 0 heterocycles. The number of hydrogen-bond acceptors (Lipinski definition) is 3. The van der Waals surface area contributed by atoms with E-state index in [1.165, 1.54) is 0 Å². The molecule has 0 rings (SSSR count). The Kier molecular flexibility index (Phi) is 8.85. The van der Waals surface area contributed by atoms with E-state index in [1.54, 1.807) is 7.11 Å². The van der Waals surface area contributed by atoms with Gasteiger partial charge in [0.15, 0.2) is 0 Å². The number of carbonyl (C=O) groups is 1. The summed E-state index contributed by atoms with van der Waals surface area (Å²) < 4.78 is 4.90. The van der Waals surface area contributed by atoms with Crippen LogP contribution in [-0.2, 0) is 9.53 Å². The van der Waals surface area contributed by atoms with E-state index in [1.807, 2.05) is 19.9 Å². The fraction of sp³-hybridized carbons (Fsp3) is 0.750. The third kappa shape index (κ3) is 7.43. The van der Waals surface area contributed by atoms with Crippen molar-refractivity contribution >= 4 is 5.91 Å². The summed E-state index contributed by atoms with van der Waals surface area (Å²) >= 11 is 0. The SMILES string of the molecule is C=CCC(C)NC(C)C(=O)NCCCOC. The molecule has 0 radical (unpaired) electrons. The number of rotatable bonds is 9. The average Bonchev–Trinajstić information content (AvgIpc) is 2.24. The second-order valence-corrected chi connectivity index (χ2v) is 3.95. The van der Waals surface area contributed by atoms with Crippen molar-refractivity contribution in [1.29, 1.82) is 0 Å². The topological polar surface area (TPSA) is 50.4 Å². The molecule has 0 saturated heterocycles. The Morgan fingerprint density at radius 3 is 2.75 bits per heavy atom. The maximum absolute atomic E-state index is 11.6. The quantitative estimate of drug-likeness (QED) is 0.459. The van der Waals surface area contributed by atoms with Gasteiger partial charge in [0, 0.05) is 26.3 Å². The zero-order valence-corrected chi connectivity index (χ0v) is 10.6. The summed E-state index contributed by atoms with van der Waals surface area (Å²) in [6, 6.07) is 0.106. The van der Waals surface area contributed by atoms with Crippen molar-refractivity contribution in [3.63, 3.8) is 0 Å². The third-order valence-corrected chi connectivity index (χ3v) is 2.27. The fourth-order valence-electron chi connectivity index (χ4n) is 1.40. The van der Waals surface area contributed by atoms with Gasteiger partial charge in [-0.15, -0.1) is 6.58 Å². The van der Waals surface area contributed by atoms with Gasteiger partial charge in [-0.2, -0.15) is 0 Å². The summed E-state index contributed by atoms with van der Waals surface area (Å²) in [5, 5.41) is 6.06. The summed E-state index contributed by atoms with van der Waals surface area (Å²) in [6.07, 6.45) is 3.55. The number of methoxy groups -OCH3 is 1. The number of ether oxygens (including phenoxy) is 1. The Morgan fingerprint density at radius 1 is 1.50 bits per heavy atom. The second kappa shape index (κ2) is 9.36. The van der Waals surface area contributed by atoms with E-state index in [9.17, 15) is 4.79 Å². The Labute approximate surface area is 98.4 Å².